The van der Waals surface area contributed by atoms with E-state index in [9.17, 15) is 0 Å². The molecule has 166 valence electrons. The van der Waals surface area contributed by atoms with Gasteiger partial charge in [0.15, 0.2) is 5.96 Å². The molecule has 6 nitrogen and oxygen atoms in total. The zero-order valence-corrected chi connectivity index (χ0v) is 21.2. The van der Waals surface area contributed by atoms with Crippen molar-refractivity contribution in [2.24, 2.45) is 10.9 Å². The number of nitrogens with one attached hydrogen (secondary N) is 2. The molecule has 7 heteroatoms. The van der Waals surface area contributed by atoms with Crippen LogP contribution in [0.3, 0.4) is 0 Å². The summed E-state index contributed by atoms with van der Waals surface area (Å²) in [6, 6.07) is 9.26. The van der Waals surface area contributed by atoms with Crippen LogP contribution in [-0.2, 0) is 19.5 Å². The number of nitrogens with zero attached hydrogens (tertiary/aromatic N) is 3. The van der Waals surface area contributed by atoms with Crippen molar-refractivity contribution in [2.75, 3.05) is 19.6 Å². The summed E-state index contributed by atoms with van der Waals surface area (Å²) in [7, 11) is 0. The molecule has 0 spiro atoms. The van der Waals surface area contributed by atoms with E-state index in [1.807, 2.05) is 13.8 Å². The highest BCUT2D eigenvalue weighted by atomic mass is 127. The van der Waals surface area contributed by atoms with Gasteiger partial charge < -0.3 is 15.1 Å². The first kappa shape index (κ1) is 24.7. The molecule has 2 heterocycles. The van der Waals surface area contributed by atoms with Crippen LogP contribution in [-0.4, -0.2) is 41.5 Å². The van der Waals surface area contributed by atoms with Gasteiger partial charge in [0.2, 0.25) is 5.89 Å². The van der Waals surface area contributed by atoms with Gasteiger partial charge >= 0.3 is 0 Å². The first-order valence-corrected chi connectivity index (χ1v) is 10.7. The number of fused-ring (bicyclic) bond motifs is 1. The highest BCUT2D eigenvalue weighted by molar-refractivity contribution is 14.0. The quantitative estimate of drug-likeness (QED) is 0.325. The molecule has 0 amide bonds. The van der Waals surface area contributed by atoms with Crippen LogP contribution < -0.4 is 10.6 Å². The monoisotopic (exact) mass is 525 g/mol. The molecule has 1 aliphatic heterocycles. The second kappa shape index (κ2) is 11.7. The zero-order valence-electron chi connectivity index (χ0n) is 18.9. The van der Waals surface area contributed by atoms with Gasteiger partial charge in [0.25, 0.3) is 0 Å². The number of guanidine groups is 1. The van der Waals surface area contributed by atoms with E-state index in [1.165, 1.54) is 11.1 Å². The van der Waals surface area contributed by atoms with Crippen molar-refractivity contribution < 1.29 is 4.42 Å². The van der Waals surface area contributed by atoms with Crippen molar-refractivity contribution in [2.45, 2.75) is 60.2 Å². The minimum atomic E-state index is 0. The van der Waals surface area contributed by atoms with Crippen LogP contribution in [0.1, 0.15) is 49.2 Å². The molecule has 0 aliphatic carbocycles. The summed E-state index contributed by atoms with van der Waals surface area (Å²) in [6.45, 7) is 14.8. The fourth-order valence-corrected chi connectivity index (χ4v) is 3.88. The van der Waals surface area contributed by atoms with Gasteiger partial charge in [0, 0.05) is 32.2 Å². The summed E-state index contributed by atoms with van der Waals surface area (Å²) in [5, 5.41) is 6.88. The van der Waals surface area contributed by atoms with Gasteiger partial charge in [-0.25, -0.2) is 9.98 Å². The first-order valence-electron chi connectivity index (χ1n) is 10.7. The normalized spacial score (nSPS) is 15.5. The lowest BCUT2D eigenvalue weighted by atomic mass is 9.95. The van der Waals surface area contributed by atoms with Crippen LogP contribution in [0, 0.1) is 19.8 Å². The van der Waals surface area contributed by atoms with Gasteiger partial charge in [-0.15, -0.1) is 24.0 Å². The van der Waals surface area contributed by atoms with Gasteiger partial charge in [0.05, 0.1) is 5.69 Å². The number of aryl methyl sites for hydroxylation is 2. The molecule has 0 fully saturated rings. The van der Waals surface area contributed by atoms with Gasteiger partial charge in [-0.2, -0.15) is 0 Å². The topological polar surface area (TPSA) is 65.7 Å². The lowest BCUT2D eigenvalue weighted by Crippen LogP contribution is -2.50. The van der Waals surface area contributed by atoms with Crippen molar-refractivity contribution in [3.63, 3.8) is 0 Å². The summed E-state index contributed by atoms with van der Waals surface area (Å²) >= 11 is 0. The summed E-state index contributed by atoms with van der Waals surface area (Å²) in [4.78, 5) is 11.7. The Kier molecular flexibility index (Phi) is 9.61. The largest absolute Gasteiger partial charge is 0.444 e. The van der Waals surface area contributed by atoms with Crippen molar-refractivity contribution in [1.82, 2.24) is 20.5 Å². The Balaban J connectivity index is 0.00000320. The van der Waals surface area contributed by atoms with Crippen LogP contribution >= 0.6 is 24.0 Å². The second-order valence-electron chi connectivity index (χ2n) is 8.13. The number of aliphatic imine (C=N–C) groups is 1. The van der Waals surface area contributed by atoms with Crippen LogP contribution in [0.2, 0.25) is 0 Å². The average Bonchev–Trinajstić information content (AvgIpc) is 3.03. The van der Waals surface area contributed by atoms with Gasteiger partial charge in [0.1, 0.15) is 12.3 Å². The molecular weight excluding hydrogens is 489 g/mol. The molecule has 2 aromatic rings. The predicted molar refractivity (Wildman–Crippen MR) is 133 cm³/mol. The molecule has 0 saturated carbocycles. The Labute approximate surface area is 198 Å². The van der Waals surface area contributed by atoms with Crippen LogP contribution in [0.15, 0.2) is 33.7 Å². The highest BCUT2D eigenvalue weighted by Crippen LogP contribution is 2.22. The number of aromatic nitrogens is 1. The van der Waals surface area contributed by atoms with Crippen LogP contribution in [0.25, 0.3) is 0 Å². The van der Waals surface area contributed by atoms with Crippen molar-refractivity contribution in [3.05, 3.63) is 52.7 Å². The smallest absolute Gasteiger partial charge is 0.216 e. The summed E-state index contributed by atoms with van der Waals surface area (Å²) in [6.07, 6.45) is 1.12. The van der Waals surface area contributed by atoms with Crippen LogP contribution in [0.5, 0.6) is 0 Å². The zero-order chi connectivity index (χ0) is 20.8. The lowest BCUT2D eigenvalue weighted by Gasteiger charge is -2.38. The van der Waals surface area contributed by atoms with E-state index < -0.39 is 0 Å². The molecule has 2 N–H and O–H groups in total. The molecule has 0 saturated heterocycles. The predicted octanol–water partition coefficient (Wildman–Crippen LogP) is 4.05. The summed E-state index contributed by atoms with van der Waals surface area (Å²) < 4.78 is 5.65. The van der Waals surface area contributed by atoms with E-state index in [4.69, 9.17) is 4.42 Å². The minimum Gasteiger partial charge on any atom is -0.444 e. The number of oxazole rings is 1. The highest BCUT2D eigenvalue weighted by Gasteiger charge is 2.25. The fourth-order valence-electron chi connectivity index (χ4n) is 3.88. The van der Waals surface area contributed by atoms with Crippen molar-refractivity contribution in [3.8, 4) is 0 Å². The third-order valence-electron chi connectivity index (χ3n) is 5.67. The van der Waals surface area contributed by atoms with E-state index in [0.29, 0.717) is 24.4 Å². The molecule has 1 aromatic heterocycles. The number of benzene rings is 1. The van der Waals surface area contributed by atoms with E-state index in [1.54, 1.807) is 0 Å². The molecule has 1 unspecified atom stereocenters. The third-order valence-corrected chi connectivity index (χ3v) is 5.67. The number of hydrogen-bond acceptors (Lipinski definition) is 4. The maximum Gasteiger partial charge on any atom is 0.216 e. The Morgan fingerprint density at radius 3 is 2.57 bits per heavy atom. The average molecular weight is 525 g/mol. The summed E-state index contributed by atoms with van der Waals surface area (Å²) in [5.41, 5.74) is 3.88. The van der Waals surface area contributed by atoms with E-state index in [2.05, 4.69) is 70.5 Å². The van der Waals surface area contributed by atoms with Gasteiger partial charge in [-0.05, 0) is 44.2 Å². The molecule has 30 heavy (non-hydrogen) atoms. The summed E-state index contributed by atoms with van der Waals surface area (Å²) in [5.74, 6) is 2.88. The molecule has 1 aromatic carbocycles. The fraction of sp³-hybridized carbons (Fsp3) is 0.565. The van der Waals surface area contributed by atoms with Crippen LogP contribution in [0.4, 0.5) is 0 Å². The van der Waals surface area contributed by atoms with E-state index in [0.717, 1.165) is 50.0 Å². The first-order chi connectivity index (χ1) is 14.0. The molecule has 1 atom stereocenters. The van der Waals surface area contributed by atoms with E-state index >= 15 is 0 Å². The maximum atomic E-state index is 5.65. The third kappa shape index (κ3) is 6.44. The maximum absolute atomic E-state index is 5.65. The van der Waals surface area contributed by atoms with Crippen molar-refractivity contribution >= 4 is 29.9 Å². The Morgan fingerprint density at radius 2 is 1.93 bits per heavy atom. The molecule has 1 aliphatic rings. The second-order valence-corrected chi connectivity index (χ2v) is 8.13. The SMILES string of the molecule is CCNC(=NCc1nc(C)c(C)o1)NCC(C(C)C)N1CCc2ccccc2C1.I. The van der Waals surface area contributed by atoms with Gasteiger partial charge in [-0.1, -0.05) is 38.1 Å². The Bertz CT molecular complexity index is 813. The lowest BCUT2D eigenvalue weighted by molar-refractivity contribution is 0.140. The standard InChI is InChI=1S/C23H35N5O.HI/c1-6-24-23(26-14-22-27-17(4)18(5)29-22)25-13-21(16(2)3)28-12-11-19-9-7-8-10-20(19)15-28;/h7-10,16,21H,6,11-15H2,1-5H3,(H2,24,25,26);1H. The number of rotatable bonds is 7. The molecular formula is C23H36IN5O. The number of halogens is 1. The number of hydrogen-bond donors (Lipinski definition) is 2. The molecule has 0 radical (unpaired) electrons. The van der Waals surface area contributed by atoms with E-state index in [-0.39, 0.29) is 24.0 Å². The van der Waals surface area contributed by atoms with Gasteiger partial charge in [-0.3, -0.25) is 4.90 Å². The van der Waals surface area contributed by atoms with Crippen molar-refractivity contribution in [1.29, 1.82) is 0 Å². The Hall–Kier alpha value is -1.61. The Morgan fingerprint density at radius 1 is 1.20 bits per heavy atom. The molecule has 0 bridgehead atoms. The molecule has 3 rings (SSSR count). The minimum absolute atomic E-state index is 0.